The van der Waals surface area contributed by atoms with E-state index in [1.54, 1.807) is 18.2 Å². The van der Waals surface area contributed by atoms with Crippen LogP contribution in [-0.2, 0) is 19.6 Å². The van der Waals surface area contributed by atoms with Crippen LogP contribution in [-0.4, -0.2) is 85.3 Å². The van der Waals surface area contributed by atoms with Crippen LogP contribution < -0.4 is 4.72 Å². The Morgan fingerprint density at radius 3 is 2.37 bits per heavy atom. The molecular formula is C26H37ClN4O4S3. The maximum Gasteiger partial charge on any atom is 0.250 e. The highest BCUT2D eigenvalue weighted by molar-refractivity contribution is 7.91. The van der Waals surface area contributed by atoms with Crippen molar-refractivity contribution in [3.8, 4) is 9.75 Å². The fourth-order valence-electron chi connectivity index (χ4n) is 5.36. The summed E-state index contributed by atoms with van der Waals surface area (Å²) in [6.45, 7) is 10.6. The molecule has 2 aromatic rings. The average Bonchev–Trinajstić information content (AvgIpc) is 3.60. The minimum Gasteiger partial charge on any atom is -0.337 e. The molecule has 2 aliphatic rings. The largest absolute Gasteiger partial charge is 0.337 e. The number of nitrogens with one attached hydrogen (secondary N) is 1. The third-order valence-corrected chi connectivity index (χ3v) is 11.7. The van der Waals surface area contributed by atoms with Crippen LogP contribution in [0.4, 0.5) is 0 Å². The number of sulfonamides is 1. The number of thiophene rings is 2. The summed E-state index contributed by atoms with van der Waals surface area (Å²) < 4.78 is 29.6. The first kappa shape index (κ1) is 29.5. The number of hydrogen-bond acceptors (Lipinski definition) is 7. The van der Waals surface area contributed by atoms with Crippen LogP contribution in [0.2, 0.25) is 4.34 Å². The normalized spacial score (nSPS) is 20.9. The molecule has 4 rings (SSSR count). The van der Waals surface area contributed by atoms with Crippen molar-refractivity contribution >= 4 is 56.1 Å². The molecule has 2 aromatic heterocycles. The molecule has 0 aromatic carbocycles. The van der Waals surface area contributed by atoms with Gasteiger partial charge in [-0.25, -0.2) is 8.42 Å². The molecule has 0 spiro atoms. The number of hydrogen-bond donors (Lipinski definition) is 1. The van der Waals surface area contributed by atoms with E-state index in [0.717, 1.165) is 40.5 Å². The molecule has 2 saturated heterocycles. The highest BCUT2D eigenvalue weighted by Gasteiger charge is 2.37. The molecule has 2 aliphatic heterocycles. The number of amides is 2. The van der Waals surface area contributed by atoms with E-state index in [2.05, 4.69) is 37.3 Å². The Balaban J connectivity index is 1.38. The van der Waals surface area contributed by atoms with E-state index >= 15 is 0 Å². The van der Waals surface area contributed by atoms with Gasteiger partial charge in [0.05, 0.1) is 10.9 Å². The number of likely N-dealkylation sites (tertiary alicyclic amines) is 2. The SMILES string of the molecule is CC(C)N(CC1CCCN1C(=O)CN1CCCC(NS(=O)(=O)c2ccc(-c3ccc(Cl)s3)s2)C1=O)C(C)C. The van der Waals surface area contributed by atoms with Crippen LogP contribution in [0.1, 0.15) is 53.4 Å². The topological polar surface area (TPSA) is 90.0 Å². The number of piperidine rings is 1. The minimum atomic E-state index is -3.89. The summed E-state index contributed by atoms with van der Waals surface area (Å²) in [5, 5.41) is 0. The Labute approximate surface area is 239 Å². The van der Waals surface area contributed by atoms with E-state index < -0.39 is 16.1 Å². The predicted molar refractivity (Wildman–Crippen MR) is 154 cm³/mol. The summed E-state index contributed by atoms with van der Waals surface area (Å²) >= 11 is 8.55. The number of carbonyl (C=O) groups excluding carboxylic acids is 2. The second-order valence-electron chi connectivity index (χ2n) is 10.6. The van der Waals surface area contributed by atoms with Crippen LogP contribution in [0, 0.1) is 0 Å². The van der Waals surface area contributed by atoms with Gasteiger partial charge in [-0.05, 0) is 77.6 Å². The molecule has 12 heteroatoms. The van der Waals surface area contributed by atoms with Crippen LogP contribution in [0.3, 0.4) is 0 Å². The summed E-state index contributed by atoms with van der Waals surface area (Å²) in [6, 6.07) is 6.95. The molecule has 0 bridgehead atoms. The highest BCUT2D eigenvalue weighted by Crippen LogP contribution is 2.37. The lowest BCUT2D eigenvalue weighted by molar-refractivity contribution is -0.143. The second kappa shape index (κ2) is 12.3. The van der Waals surface area contributed by atoms with Gasteiger partial charge in [0.15, 0.2) is 0 Å². The zero-order chi connectivity index (χ0) is 27.6. The number of carbonyl (C=O) groups is 2. The third-order valence-electron chi connectivity index (χ3n) is 7.26. The Bertz CT molecular complexity index is 1230. The Morgan fingerprint density at radius 2 is 1.71 bits per heavy atom. The smallest absolute Gasteiger partial charge is 0.250 e. The van der Waals surface area contributed by atoms with Gasteiger partial charge < -0.3 is 9.80 Å². The molecular weight excluding hydrogens is 564 g/mol. The fourth-order valence-corrected chi connectivity index (χ4v) is 9.04. The van der Waals surface area contributed by atoms with Crippen molar-refractivity contribution in [2.45, 2.75) is 81.8 Å². The standard InChI is InChI=1S/C26H37ClN4O4S3/c1-17(2)31(18(3)4)15-19-7-5-14-30(19)24(32)16-29-13-6-8-20(26(29)33)28-38(34,35)25-12-10-22(37-25)21-9-11-23(27)36-21/h9-12,17-20,28H,5-8,13-16H2,1-4H3. The van der Waals surface area contributed by atoms with Gasteiger partial charge in [0.2, 0.25) is 11.8 Å². The molecule has 0 radical (unpaired) electrons. The monoisotopic (exact) mass is 600 g/mol. The Hall–Kier alpha value is -1.50. The summed E-state index contributed by atoms with van der Waals surface area (Å²) in [4.78, 5) is 34.1. The zero-order valence-corrected chi connectivity index (χ0v) is 25.6. The van der Waals surface area contributed by atoms with Gasteiger partial charge in [0, 0.05) is 47.5 Å². The Kier molecular flexibility index (Phi) is 9.58. The van der Waals surface area contributed by atoms with Gasteiger partial charge in [-0.3, -0.25) is 14.5 Å². The van der Waals surface area contributed by atoms with Crippen molar-refractivity contribution < 1.29 is 18.0 Å². The summed E-state index contributed by atoms with van der Waals surface area (Å²) in [6.07, 6.45) is 2.95. The fraction of sp³-hybridized carbons (Fsp3) is 0.615. The summed E-state index contributed by atoms with van der Waals surface area (Å²) in [5.74, 6) is -0.397. The molecule has 4 heterocycles. The van der Waals surface area contributed by atoms with Gasteiger partial charge in [-0.1, -0.05) is 11.6 Å². The molecule has 2 fully saturated rings. The molecule has 2 atom stereocenters. The molecule has 210 valence electrons. The highest BCUT2D eigenvalue weighted by atomic mass is 35.5. The van der Waals surface area contributed by atoms with Gasteiger partial charge in [-0.2, -0.15) is 4.72 Å². The van der Waals surface area contributed by atoms with Crippen molar-refractivity contribution in [2.24, 2.45) is 0 Å². The quantitative estimate of drug-likeness (QED) is 0.433. The zero-order valence-electron chi connectivity index (χ0n) is 22.4. The number of nitrogens with zero attached hydrogens (tertiary/aromatic N) is 3. The molecule has 1 N–H and O–H groups in total. The van der Waals surface area contributed by atoms with Crippen molar-refractivity contribution in [3.63, 3.8) is 0 Å². The molecule has 2 unspecified atom stereocenters. The van der Waals surface area contributed by atoms with E-state index in [1.165, 1.54) is 16.2 Å². The van der Waals surface area contributed by atoms with Crippen molar-refractivity contribution in [3.05, 3.63) is 28.6 Å². The molecule has 8 nitrogen and oxygen atoms in total. The number of halogens is 1. The van der Waals surface area contributed by atoms with Gasteiger partial charge >= 0.3 is 0 Å². The lowest BCUT2D eigenvalue weighted by Crippen LogP contribution is -2.55. The van der Waals surface area contributed by atoms with Crippen LogP contribution in [0.25, 0.3) is 9.75 Å². The molecule has 38 heavy (non-hydrogen) atoms. The van der Waals surface area contributed by atoms with E-state index in [4.69, 9.17) is 11.6 Å². The molecule has 0 aliphatic carbocycles. The van der Waals surface area contributed by atoms with Crippen molar-refractivity contribution in [2.75, 3.05) is 26.2 Å². The van der Waals surface area contributed by atoms with Gasteiger partial charge in [0.25, 0.3) is 10.0 Å². The summed E-state index contributed by atoms with van der Waals surface area (Å²) in [7, 11) is -3.89. The van der Waals surface area contributed by atoms with E-state index in [0.29, 0.717) is 42.4 Å². The summed E-state index contributed by atoms with van der Waals surface area (Å²) in [5.41, 5.74) is 0. The van der Waals surface area contributed by atoms with Gasteiger partial charge in [0.1, 0.15) is 10.3 Å². The lowest BCUT2D eigenvalue weighted by atomic mass is 10.1. The first-order valence-electron chi connectivity index (χ1n) is 13.2. The van der Waals surface area contributed by atoms with Crippen LogP contribution >= 0.6 is 34.3 Å². The van der Waals surface area contributed by atoms with Crippen LogP contribution in [0.15, 0.2) is 28.5 Å². The minimum absolute atomic E-state index is 0.0147. The molecule has 0 saturated carbocycles. The lowest BCUT2D eigenvalue weighted by Gasteiger charge is -2.37. The van der Waals surface area contributed by atoms with E-state index in [-0.39, 0.29) is 28.6 Å². The average molecular weight is 601 g/mol. The van der Waals surface area contributed by atoms with Gasteiger partial charge in [-0.15, -0.1) is 22.7 Å². The molecule has 2 amide bonds. The first-order chi connectivity index (χ1) is 18.0. The van der Waals surface area contributed by atoms with Crippen molar-refractivity contribution in [1.29, 1.82) is 0 Å². The maximum absolute atomic E-state index is 13.3. The predicted octanol–water partition coefficient (Wildman–Crippen LogP) is 4.51. The maximum atomic E-state index is 13.3. The van der Waals surface area contributed by atoms with E-state index in [1.807, 2.05) is 11.0 Å². The van der Waals surface area contributed by atoms with Crippen molar-refractivity contribution in [1.82, 2.24) is 19.4 Å². The first-order valence-corrected chi connectivity index (χ1v) is 16.7. The Morgan fingerprint density at radius 1 is 1.05 bits per heavy atom. The second-order valence-corrected chi connectivity index (χ2v) is 15.3. The third kappa shape index (κ3) is 6.79. The number of rotatable bonds is 10. The van der Waals surface area contributed by atoms with Crippen LogP contribution in [0.5, 0.6) is 0 Å². The van der Waals surface area contributed by atoms with E-state index in [9.17, 15) is 18.0 Å².